The summed E-state index contributed by atoms with van der Waals surface area (Å²) in [4.78, 5) is 25.0. The Morgan fingerprint density at radius 1 is 1.65 bits per heavy atom. The molecule has 1 aliphatic rings. The standard InChI is InChI=1S/C11H15FN2O6/c1-6-4-14(9(17)13-8(6)16)7-3-10(12,18)11(5-15,19-2)20-7/h4,7,15,18H,3,5H2,1-2H3,(H,13,16,17)/t7-,10+,11-/m1/s1. The van der Waals surface area contributed by atoms with Crippen molar-refractivity contribution in [1.82, 2.24) is 9.55 Å². The molecule has 1 aromatic rings. The Bertz CT molecular complexity index is 618. The summed E-state index contributed by atoms with van der Waals surface area (Å²) >= 11 is 0. The average Bonchev–Trinajstić information content (AvgIpc) is 2.65. The molecule has 0 aliphatic carbocycles. The van der Waals surface area contributed by atoms with E-state index in [4.69, 9.17) is 9.47 Å². The van der Waals surface area contributed by atoms with Gasteiger partial charge in [-0.3, -0.25) is 14.3 Å². The van der Waals surface area contributed by atoms with Gasteiger partial charge in [0.25, 0.3) is 17.2 Å². The molecule has 0 aromatic carbocycles. The lowest BCUT2D eigenvalue weighted by Crippen LogP contribution is -2.52. The van der Waals surface area contributed by atoms with Crippen LogP contribution in [0.3, 0.4) is 0 Å². The first-order chi connectivity index (χ1) is 9.26. The van der Waals surface area contributed by atoms with E-state index >= 15 is 0 Å². The fourth-order valence-electron chi connectivity index (χ4n) is 2.12. The van der Waals surface area contributed by atoms with Gasteiger partial charge in [0.05, 0.1) is 6.42 Å². The Labute approximate surface area is 112 Å². The van der Waals surface area contributed by atoms with E-state index in [0.29, 0.717) is 0 Å². The number of aromatic amines is 1. The number of aryl methyl sites for hydroxylation is 1. The molecule has 9 heteroatoms. The molecule has 0 unspecified atom stereocenters. The molecule has 0 bridgehead atoms. The van der Waals surface area contributed by atoms with Crippen LogP contribution in [0, 0.1) is 6.92 Å². The number of ether oxygens (including phenoxy) is 2. The maximum Gasteiger partial charge on any atom is 0.330 e. The first kappa shape index (κ1) is 14.9. The van der Waals surface area contributed by atoms with Gasteiger partial charge in [-0.1, -0.05) is 0 Å². The molecule has 0 saturated carbocycles. The molecule has 112 valence electrons. The Morgan fingerprint density at radius 3 is 2.80 bits per heavy atom. The molecule has 2 heterocycles. The van der Waals surface area contributed by atoms with Crippen molar-refractivity contribution in [2.45, 2.75) is 31.2 Å². The van der Waals surface area contributed by atoms with Crippen LogP contribution in [0.1, 0.15) is 18.2 Å². The van der Waals surface area contributed by atoms with E-state index in [0.717, 1.165) is 11.7 Å². The van der Waals surface area contributed by atoms with Crippen LogP contribution in [0.15, 0.2) is 15.8 Å². The smallest absolute Gasteiger partial charge is 0.330 e. The number of rotatable bonds is 3. The van der Waals surface area contributed by atoms with Crippen LogP contribution < -0.4 is 11.2 Å². The highest BCUT2D eigenvalue weighted by Gasteiger charge is 2.62. The second kappa shape index (κ2) is 4.77. The summed E-state index contributed by atoms with van der Waals surface area (Å²) in [5, 5.41) is 18.9. The number of H-pyrrole nitrogens is 1. The minimum atomic E-state index is -2.98. The summed E-state index contributed by atoms with van der Waals surface area (Å²) < 4.78 is 25.0. The van der Waals surface area contributed by atoms with E-state index in [2.05, 4.69) is 0 Å². The Balaban J connectivity index is 2.45. The predicted octanol–water partition coefficient (Wildman–Crippen LogP) is -1.24. The molecule has 1 aromatic heterocycles. The van der Waals surface area contributed by atoms with Crippen molar-refractivity contribution < 1.29 is 24.1 Å². The minimum Gasteiger partial charge on any atom is -0.391 e. The quantitative estimate of drug-likeness (QED) is 0.641. The topological polar surface area (TPSA) is 114 Å². The fourth-order valence-corrected chi connectivity index (χ4v) is 2.12. The normalized spacial score (nSPS) is 33.5. The lowest BCUT2D eigenvalue weighted by molar-refractivity contribution is -0.331. The van der Waals surface area contributed by atoms with Crippen molar-refractivity contribution in [1.29, 1.82) is 0 Å². The summed E-state index contributed by atoms with van der Waals surface area (Å²) in [5.41, 5.74) is -1.17. The van der Waals surface area contributed by atoms with Crippen LogP contribution in [-0.4, -0.2) is 45.1 Å². The van der Waals surface area contributed by atoms with Gasteiger partial charge in [0, 0.05) is 18.9 Å². The SMILES string of the molecule is CO[C@]1(CO)O[C@@H](n2cc(C)c(=O)[nH]c2=O)C[C@@]1(O)F. The summed E-state index contributed by atoms with van der Waals surface area (Å²) in [5.74, 6) is -5.26. The second-order valence-electron chi connectivity index (χ2n) is 4.63. The average molecular weight is 290 g/mol. The van der Waals surface area contributed by atoms with Gasteiger partial charge in [-0.05, 0) is 6.92 Å². The van der Waals surface area contributed by atoms with Crippen molar-refractivity contribution in [2.24, 2.45) is 0 Å². The Morgan fingerprint density at radius 2 is 2.30 bits per heavy atom. The molecule has 1 saturated heterocycles. The van der Waals surface area contributed by atoms with E-state index in [1.165, 1.54) is 13.1 Å². The zero-order valence-electron chi connectivity index (χ0n) is 10.9. The number of aromatic nitrogens is 2. The number of halogens is 1. The summed E-state index contributed by atoms with van der Waals surface area (Å²) in [6.07, 6.45) is -0.669. The first-order valence-electron chi connectivity index (χ1n) is 5.83. The van der Waals surface area contributed by atoms with Crippen molar-refractivity contribution >= 4 is 0 Å². The number of aliphatic hydroxyl groups is 2. The summed E-state index contributed by atoms with van der Waals surface area (Å²) in [7, 11) is 1.06. The summed E-state index contributed by atoms with van der Waals surface area (Å²) in [6, 6.07) is 0. The molecule has 1 fully saturated rings. The van der Waals surface area contributed by atoms with Gasteiger partial charge < -0.3 is 19.7 Å². The maximum atomic E-state index is 14.1. The first-order valence-corrected chi connectivity index (χ1v) is 5.83. The third-order valence-corrected chi connectivity index (χ3v) is 3.35. The molecule has 20 heavy (non-hydrogen) atoms. The fraction of sp³-hybridized carbons (Fsp3) is 0.636. The van der Waals surface area contributed by atoms with Crippen LogP contribution in [-0.2, 0) is 9.47 Å². The van der Waals surface area contributed by atoms with Crippen molar-refractivity contribution in [2.75, 3.05) is 13.7 Å². The molecule has 8 nitrogen and oxygen atoms in total. The van der Waals surface area contributed by atoms with E-state index in [9.17, 15) is 24.2 Å². The molecule has 3 N–H and O–H groups in total. The van der Waals surface area contributed by atoms with E-state index in [1.54, 1.807) is 0 Å². The number of methoxy groups -OCH3 is 1. The zero-order chi connectivity index (χ0) is 15.1. The van der Waals surface area contributed by atoms with E-state index in [-0.39, 0.29) is 5.56 Å². The van der Waals surface area contributed by atoms with Crippen molar-refractivity contribution in [3.05, 3.63) is 32.6 Å². The third-order valence-electron chi connectivity index (χ3n) is 3.35. The maximum absolute atomic E-state index is 14.1. The van der Waals surface area contributed by atoms with Crippen molar-refractivity contribution in [3.8, 4) is 0 Å². The number of hydrogen-bond donors (Lipinski definition) is 3. The van der Waals surface area contributed by atoms with E-state index in [1.807, 2.05) is 4.98 Å². The van der Waals surface area contributed by atoms with Gasteiger partial charge >= 0.3 is 5.69 Å². The van der Waals surface area contributed by atoms with Gasteiger partial charge in [0.15, 0.2) is 0 Å². The minimum absolute atomic E-state index is 0.217. The lowest BCUT2D eigenvalue weighted by atomic mass is 10.1. The monoisotopic (exact) mass is 290 g/mol. The molecule has 0 radical (unpaired) electrons. The highest BCUT2D eigenvalue weighted by Crippen LogP contribution is 2.45. The molecule has 2 rings (SSSR count). The largest absolute Gasteiger partial charge is 0.391 e. The van der Waals surface area contributed by atoms with Crippen LogP contribution in [0.25, 0.3) is 0 Å². The second-order valence-corrected chi connectivity index (χ2v) is 4.63. The Kier molecular flexibility index (Phi) is 3.54. The third kappa shape index (κ3) is 2.08. The van der Waals surface area contributed by atoms with Crippen LogP contribution >= 0.6 is 0 Å². The van der Waals surface area contributed by atoms with E-state index < -0.39 is 42.1 Å². The van der Waals surface area contributed by atoms with Crippen molar-refractivity contribution in [3.63, 3.8) is 0 Å². The molecule has 0 spiro atoms. The number of hydrogen-bond acceptors (Lipinski definition) is 6. The van der Waals surface area contributed by atoms with Gasteiger partial charge in [0.1, 0.15) is 12.8 Å². The van der Waals surface area contributed by atoms with Crippen LogP contribution in [0.2, 0.25) is 0 Å². The molecular weight excluding hydrogens is 275 g/mol. The number of alkyl halides is 1. The molecule has 1 aliphatic heterocycles. The van der Waals surface area contributed by atoms with Gasteiger partial charge in [-0.25, -0.2) is 9.18 Å². The van der Waals surface area contributed by atoms with Crippen LogP contribution in [0.4, 0.5) is 4.39 Å². The Hall–Kier alpha value is -1.55. The number of nitrogens with zero attached hydrogens (tertiary/aromatic N) is 1. The van der Waals surface area contributed by atoms with Gasteiger partial charge in [0.2, 0.25) is 0 Å². The van der Waals surface area contributed by atoms with Gasteiger partial charge in [-0.2, -0.15) is 0 Å². The zero-order valence-corrected chi connectivity index (χ0v) is 10.9. The van der Waals surface area contributed by atoms with Crippen LogP contribution in [0.5, 0.6) is 0 Å². The summed E-state index contributed by atoms with van der Waals surface area (Å²) in [6.45, 7) is 0.519. The molecule has 3 atom stereocenters. The molecule has 0 amide bonds. The highest BCUT2D eigenvalue weighted by atomic mass is 19.2. The predicted molar refractivity (Wildman–Crippen MR) is 63.7 cm³/mol. The lowest BCUT2D eigenvalue weighted by Gasteiger charge is -2.31. The molecular formula is C11H15FN2O6. The number of nitrogens with one attached hydrogen (secondary N) is 1. The van der Waals surface area contributed by atoms with Gasteiger partial charge in [-0.15, -0.1) is 0 Å². The number of aliphatic hydroxyl groups excluding tert-OH is 1. The highest BCUT2D eigenvalue weighted by molar-refractivity contribution is 5.03.